The molecular formula is C26H22N4O2S. The minimum Gasteiger partial charge on any atom is -0.497 e. The van der Waals surface area contributed by atoms with Gasteiger partial charge in [-0.25, -0.2) is 0 Å². The highest BCUT2D eigenvalue weighted by Gasteiger charge is 2.36. The van der Waals surface area contributed by atoms with E-state index >= 15 is 0 Å². The molecule has 0 atom stereocenters. The van der Waals surface area contributed by atoms with Gasteiger partial charge in [0.2, 0.25) is 0 Å². The highest BCUT2D eigenvalue weighted by Crippen LogP contribution is 2.37. The van der Waals surface area contributed by atoms with Crippen molar-refractivity contribution in [2.45, 2.75) is 13.8 Å². The summed E-state index contributed by atoms with van der Waals surface area (Å²) in [6, 6.07) is 19.7. The van der Waals surface area contributed by atoms with Crippen molar-refractivity contribution in [1.29, 1.82) is 5.41 Å². The molecule has 0 bridgehead atoms. The lowest BCUT2D eigenvalue weighted by Crippen LogP contribution is -2.38. The van der Waals surface area contributed by atoms with Crippen LogP contribution < -0.4 is 4.74 Å². The molecule has 0 saturated carbocycles. The van der Waals surface area contributed by atoms with Gasteiger partial charge >= 0.3 is 0 Å². The molecule has 3 aromatic rings. The van der Waals surface area contributed by atoms with Crippen molar-refractivity contribution in [1.82, 2.24) is 9.47 Å². The van der Waals surface area contributed by atoms with Gasteiger partial charge in [-0.3, -0.25) is 15.1 Å². The van der Waals surface area contributed by atoms with Crippen molar-refractivity contribution < 1.29 is 9.53 Å². The Bertz CT molecular complexity index is 1380. The molecule has 2 aliphatic heterocycles. The third-order valence-electron chi connectivity index (χ3n) is 5.77. The Morgan fingerprint density at radius 1 is 1.06 bits per heavy atom. The first-order valence-corrected chi connectivity index (χ1v) is 11.4. The van der Waals surface area contributed by atoms with Gasteiger partial charge in [-0.2, -0.15) is 4.99 Å². The minimum atomic E-state index is -0.396. The average molecular weight is 455 g/mol. The summed E-state index contributed by atoms with van der Waals surface area (Å²) >= 11 is 1.36. The lowest BCUT2D eigenvalue weighted by atomic mass is 10.1. The Labute approximate surface area is 196 Å². The summed E-state index contributed by atoms with van der Waals surface area (Å²) in [5, 5.41) is 11.3. The maximum atomic E-state index is 12.9. The van der Waals surface area contributed by atoms with Gasteiger partial charge in [0.15, 0.2) is 5.17 Å². The van der Waals surface area contributed by atoms with Crippen molar-refractivity contribution in [3.8, 4) is 11.4 Å². The lowest BCUT2D eigenvalue weighted by Gasteiger charge is -2.26. The number of benzene rings is 2. The van der Waals surface area contributed by atoms with Crippen molar-refractivity contribution >= 4 is 40.4 Å². The van der Waals surface area contributed by atoms with Gasteiger partial charge < -0.3 is 9.30 Å². The normalized spacial score (nSPS) is 16.7. The Morgan fingerprint density at radius 2 is 1.85 bits per heavy atom. The first-order chi connectivity index (χ1) is 16.0. The second-order valence-corrected chi connectivity index (χ2v) is 8.63. The van der Waals surface area contributed by atoms with Crippen LogP contribution in [-0.2, 0) is 4.79 Å². The third-order valence-corrected chi connectivity index (χ3v) is 6.59. The van der Waals surface area contributed by atoms with Gasteiger partial charge in [0, 0.05) is 28.5 Å². The highest BCUT2D eigenvalue weighted by atomic mass is 32.2. The molecule has 0 aliphatic carbocycles. The molecule has 3 heterocycles. The van der Waals surface area contributed by atoms with E-state index in [1.807, 2.05) is 79.9 Å². The van der Waals surface area contributed by atoms with E-state index in [1.165, 1.54) is 11.8 Å². The predicted molar refractivity (Wildman–Crippen MR) is 134 cm³/mol. The second-order valence-electron chi connectivity index (χ2n) is 7.79. The Balaban J connectivity index is 1.55. The molecule has 0 fully saturated rings. The van der Waals surface area contributed by atoms with Crippen molar-refractivity contribution in [3.63, 3.8) is 0 Å². The van der Waals surface area contributed by atoms with Gasteiger partial charge in [-0.05, 0) is 49.2 Å². The van der Waals surface area contributed by atoms with Gasteiger partial charge in [-0.1, -0.05) is 48.2 Å². The summed E-state index contributed by atoms with van der Waals surface area (Å²) in [6.07, 6.45) is 1.77. The van der Waals surface area contributed by atoms with Gasteiger partial charge in [0.1, 0.15) is 11.6 Å². The Kier molecular flexibility index (Phi) is 5.26. The summed E-state index contributed by atoms with van der Waals surface area (Å²) in [4.78, 5) is 18.9. The van der Waals surface area contributed by atoms with Crippen LogP contribution in [0.3, 0.4) is 0 Å². The molecule has 5 rings (SSSR count). The predicted octanol–water partition coefficient (Wildman–Crippen LogP) is 5.41. The summed E-state index contributed by atoms with van der Waals surface area (Å²) in [5.41, 5.74) is 5.94. The van der Waals surface area contributed by atoms with E-state index < -0.39 is 5.91 Å². The monoisotopic (exact) mass is 454 g/mol. The van der Waals surface area contributed by atoms with Crippen LogP contribution >= 0.6 is 11.8 Å². The average Bonchev–Trinajstić information content (AvgIpc) is 3.37. The number of rotatable bonds is 4. The molecule has 164 valence electrons. The number of hydrogen-bond donors (Lipinski definition) is 1. The topological polar surface area (TPSA) is 70.7 Å². The summed E-state index contributed by atoms with van der Waals surface area (Å²) in [7, 11) is 1.65. The van der Waals surface area contributed by atoms with Crippen LogP contribution in [0.25, 0.3) is 17.5 Å². The SMILES string of the molecule is COc1cccc(-n2c(C)cc(/C=C3/C(=N)N4C(c5ccccc5)=CSC4=NC3=O)c2C)c1. The molecule has 0 radical (unpaired) electrons. The number of amides is 1. The van der Waals surface area contributed by atoms with Crippen LogP contribution in [0.15, 0.2) is 76.6 Å². The van der Waals surface area contributed by atoms with E-state index in [-0.39, 0.29) is 11.4 Å². The van der Waals surface area contributed by atoms with Crippen LogP contribution in [0.2, 0.25) is 0 Å². The number of methoxy groups -OCH3 is 1. The number of aliphatic imine (C=N–C) groups is 1. The summed E-state index contributed by atoms with van der Waals surface area (Å²) in [6.45, 7) is 4.03. The fourth-order valence-corrected chi connectivity index (χ4v) is 5.04. The highest BCUT2D eigenvalue weighted by molar-refractivity contribution is 8.17. The van der Waals surface area contributed by atoms with Crippen molar-refractivity contribution in [3.05, 3.63) is 94.2 Å². The standard InChI is InChI=1S/C26H22N4O2S/c1-16-12-19(17(2)29(16)20-10-7-11-21(14-20)32-3)13-22-24(27)30-23(18-8-5-4-6-9-18)15-33-26(30)28-25(22)31/h4-15,27H,1-3H3/b22-13-,27-24?. The number of fused-ring (bicyclic) bond motifs is 1. The zero-order valence-corrected chi connectivity index (χ0v) is 19.3. The van der Waals surface area contributed by atoms with E-state index in [9.17, 15) is 4.79 Å². The Hall–Kier alpha value is -3.84. The van der Waals surface area contributed by atoms with Crippen molar-refractivity contribution in [2.75, 3.05) is 7.11 Å². The van der Waals surface area contributed by atoms with Crippen LogP contribution in [-0.4, -0.2) is 33.5 Å². The molecule has 2 aromatic carbocycles. The van der Waals surface area contributed by atoms with Crippen molar-refractivity contribution in [2.24, 2.45) is 4.99 Å². The first-order valence-electron chi connectivity index (χ1n) is 10.5. The fourth-order valence-electron chi connectivity index (χ4n) is 4.15. The molecule has 1 amide bonds. The zero-order chi connectivity index (χ0) is 23.1. The van der Waals surface area contributed by atoms with Crippen LogP contribution in [0.4, 0.5) is 0 Å². The number of aryl methyl sites for hydroxylation is 1. The number of carbonyl (C=O) groups is 1. The quantitative estimate of drug-likeness (QED) is 0.536. The van der Waals surface area contributed by atoms with E-state index in [0.29, 0.717) is 5.17 Å². The molecule has 0 unspecified atom stereocenters. The van der Waals surface area contributed by atoms with Gasteiger partial charge in [-0.15, -0.1) is 0 Å². The number of thioether (sulfide) groups is 1. The molecule has 33 heavy (non-hydrogen) atoms. The number of nitrogens with zero attached hydrogens (tertiary/aromatic N) is 3. The zero-order valence-electron chi connectivity index (χ0n) is 18.5. The van der Waals surface area contributed by atoms with Gasteiger partial charge in [0.05, 0.1) is 18.4 Å². The van der Waals surface area contributed by atoms with Crippen LogP contribution in [0.1, 0.15) is 22.5 Å². The number of aromatic nitrogens is 1. The molecule has 0 spiro atoms. The van der Waals surface area contributed by atoms with E-state index in [4.69, 9.17) is 10.1 Å². The van der Waals surface area contributed by atoms with Crippen LogP contribution in [0, 0.1) is 19.3 Å². The number of hydrogen-bond acceptors (Lipinski definition) is 4. The van der Waals surface area contributed by atoms with E-state index in [0.717, 1.165) is 39.6 Å². The minimum absolute atomic E-state index is 0.135. The summed E-state index contributed by atoms with van der Waals surface area (Å²) in [5.74, 6) is 0.515. The van der Waals surface area contributed by atoms with Gasteiger partial charge in [0.25, 0.3) is 5.91 Å². The lowest BCUT2D eigenvalue weighted by molar-refractivity contribution is -0.114. The smallest absolute Gasteiger partial charge is 0.283 e. The number of nitrogens with one attached hydrogen (secondary N) is 1. The first kappa shape index (κ1) is 21.0. The molecule has 6 nitrogen and oxygen atoms in total. The number of ether oxygens (including phenoxy) is 1. The maximum Gasteiger partial charge on any atom is 0.283 e. The molecule has 1 aromatic heterocycles. The third kappa shape index (κ3) is 3.60. The van der Waals surface area contributed by atoms with E-state index in [2.05, 4.69) is 9.56 Å². The molecule has 0 saturated heterocycles. The fraction of sp³-hybridized carbons (Fsp3) is 0.115. The number of amidine groups is 2. The molecule has 1 N–H and O–H groups in total. The molecule has 2 aliphatic rings. The largest absolute Gasteiger partial charge is 0.497 e. The molecule has 7 heteroatoms. The second kappa shape index (κ2) is 8.26. The maximum absolute atomic E-state index is 12.9. The Morgan fingerprint density at radius 3 is 2.61 bits per heavy atom. The van der Waals surface area contributed by atoms with E-state index in [1.54, 1.807) is 18.1 Å². The summed E-state index contributed by atoms with van der Waals surface area (Å²) < 4.78 is 7.49. The van der Waals surface area contributed by atoms with Crippen LogP contribution in [0.5, 0.6) is 5.75 Å². The molecular weight excluding hydrogens is 432 g/mol. The number of carbonyl (C=O) groups excluding carboxylic acids is 1.